The van der Waals surface area contributed by atoms with Gasteiger partial charge < -0.3 is 0 Å². The van der Waals surface area contributed by atoms with E-state index in [1.54, 1.807) is 0 Å². The lowest BCUT2D eigenvalue weighted by Crippen LogP contribution is -2.48. The van der Waals surface area contributed by atoms with E-state index >= 15 is 0 Å². The number of halogens is 7. The summed E-state index contributed by atoms with van der Waals surface area (Å²) in [4.78, 5) is 0. The van der Waals surface area contributed by atoms with Gasteiger partial charge in [0.05, 0.1) is 0 Å². The Kier molecular flexibility index (Phi) is 6.04. The van der Waals surface area contributed by atoms with Gasteiger partial charge in [0.1, 0.15) is 0 Å². The van der Waals surface area contributed by atoms with Crippen LogP contribution in [0, 0.1) is 5.41 Å². The second-order valence-corrected chi connectivity index (χ2v) is 4.46. The monoisotopic (exact) mass is 326 g/mol. The van der Waals surface area contributed by atoms with E-state index < -0.39 is 24.2 Å². The third-order valence-corrected chi connectivity index (χ3v) is 3.13. The van der Waals surface area contributed by atoms with Crippen LogP contribution < -0.4 is 0 Å². The first-order valence-corrected chi connectivity index (χ1v) is 6.07. The molecule has 0 amide bonds. The molecular weight excluding hydrogens is 314 g/mol. The van der Waals surface area contributed by atoms with Crippen LogP contribution in [0.25, 0.3) is 0 Å². The van der Waals surface area contributed by atoms with E-state index in [1.807, 2.05) is 0 Å². The van der Waals surface area contributed by atoms with Crippen molar-refractivity contribution in [2.75, 3.05) is 5.33 Å². The highest BCUT2D eigenvalue weighted by Gasteiger charge is 2.68. The van der Waals surface area contributed by atoms with Crippen molar-refractivity contribution in [2.45, 2.75) is 38.0 Å². The number of allylic oxidation sites excluding steroid dienone is 1. The van der Waals surface area contributed by atoms with Gasteiger partial charge in [-0.25, -0.2) is 0 Å². The summed E-state index contributed by atoms with van der Waals surface area (Å²) < 4.78 is 75.5. The molecule has 0 aromatic heterocycles. The van der Waals surface area contributed by atoms with E-state index in [-0.39, 0.29) is 12.5 Å². The minimum Gasteiger partial charge on any atom is -0.170 e. The van der Waals surface area contributed by atoms with Crippen molar-refractivity contribution in [3.05, 3.63) is 12.7 Å². The van der Waals surface area contributed by atoms with Crippen molar-refractivity contribution in [1.29, 1.82) is 0 Å². The molecule has 0 fully saturated rings. The topological polar surface area (TPSA) is 0 Å². The molecule has 0 aliphatic rings. The van der Waals surface area contributed by atoms with E-state index in [4.69, 9.17) is 0 Å². The van der Waals surface area contributed by atoms with Crippen LogP contribution >= 0.6 is 15.9 Å². The number of hydrogen-bond donors (Lipinski definition) is 0. The van der Waals surface area contributed by atoms with Gasteiger partial charge in [0.15, 0.2) is 5.41 Å². The van der Waals surface area contributed by atoms with Gasteiger partial charge in [-0.2, -0.15) is 26.3 Å². The van der Waals surface area contributed by atoms with Crippen molar-refractivity contribution in [3.63, 3.8) is 0 Å². The third-order valence-electron chi connectivity index (χ3n) is 2.56. The van der Waals surface area contributed by atoms with E-state index in [0.717, 1.165) is 0 Å². The predicted molar refractivity (Wildman–Crippen MR) is 57.0 cm³/mol. The summed E-state index contributed by atoms with van der Waals surface area (Å²) in [5, 5.41) is 0.562. The Bertz CT molecular complexity index is 228. The highest BCUT2D eigenvalue weighted by molar-refractivity contribution is 9.09. The smallest absolute Gasteiger partial charge is 0.170 e. The average molecular weight is 327 g/mol. The first kappa shape index (κ1) is 16.8. The first-order chi connectivity index (χ1) is 7.62. The summed E-state index contributed by atoms with van der Waals surface area (Å²) in [6, 6.07) is 0. The first-order valence-electron chi connectivity index (χ1n) is 4.95. The van der Waals surface area contributed by atoms with E-state index in [0.29, 0.717) is 18.2 Å². The molecule has 0 heterocycles. The normalized spacial score (nSPS) is 13.8. The Balaban J connectivity index is 4.91. The SMILES string of the molecule is C=CC(CCCCCBr)(C(F)(F)F)C(F)(F)F. The molecule has 7 heteroatoms. The second-order valence-electron chi connectivity index (χ2n) is 3.67. The third kappa shape index (κ3) is 3.89. The fraction of sp³-hybridized carbons (Fsp3) is 0.800. The van der Waals surface area contributed by atoms with Crippen LogP contribution in [0.1, 0.15) is 25.7 Å². The summed E-state index contributed by atoms with van der Waals surface area (Å²) >= 11 is 3.06. The molecule has 0 saturated heterocycles. The zero-order valence-corrected chi connectivity index (χ0v) is 10.6. The maximum atomic E-state index is 12.6. The van der Waals surface area contributed by atoms with Crippen LogP contribution in [0.15, 0.2) is 12.7 Å². The molecule has 0 saturated carbocycles. The van der Waals surface area contributed by atoms with Crippen molar-refractivity contribution >= 4 is 15.9 Å². The second kappa shape index (κ2) is 6.11. The van der Waals surface area contributed by atoms with Gasteiger partial charge in [-0.15, -0.1) is 6.58 Å². The fourth-order valence-electron chi connectivity index (χ4n) is 1.45. The van der Waals surface area contributed by atoms with Gasteiger partial charge in [0.25, 0.3) is 0 Å². The molecular formula is C10H13BrF6. The van der Waals surface area contributed by atoms with Crippen LogP contribution in [-0.4, -0.2) is 17.7 Å². The highest BCUT2D eigenvalue weighted by Crippen LogP contribution is 2.54. The Hall–Kier alpha value is -0.200. The number of unbranched alkanes of at least 4 members (excludes halogenated alkanes) is 2. The largest absolute Gasteiger partial charge is 0.406 e. The van der Waals surface area contributed by atoms with Gasteiger partial charge in [-0.3, -0.25) is 0 Å². The molecule has 102 valence electrons. The lowest BCUT2D eigenvalue weighted by Gasteiger charge is -2.34. The predicted octanol–water partition coefficient (Wildman–Crippen LogP) is 5.24. The van der Waals surface area contributed by atoms with Gasteiger partial charge in [0, 0.05) is 5.33 Å². The summed E-state index contributed by atoms with van der Waals surface area (Å²) in [6.07, 6.45) is -11.0. The Morgan fingerprint density at radius 3 is 1.65 bits per heavy atom. The number of rotatable bonds is 6. The van der Waals surface area contributed by atoms with Crippen molar-refractivity contribution in [1.82, 2.24) is 0 Å². The molecule has 0 N–H and O–H groups in total. The van der Waals surface area contributed by atoms with Gasteiger partial charge >= 0.3 is 12.4 Å². The molecule has 0 nitrogen and oxygen atoms in total. The summed E-state index contributed by atoms with van der Waals surface area (Å²) in [5.74, 6) is 0. The molecule has 17 heavy (non-hydrogen) atoms. The van der Waals surface area contributed by atoms with Crippen LogP contribution in [-0.2, 0) is 0 Å². The van der Waals surface area contributed by atoms with E-state index in [9.17, 15) is 26.3 Å². The van der Waals surface area contributed by atoms with E-state index in [2.05, 4.69) is 22.5 Å². The van der Waals surface area contributed by atoms with Gasteiger partial charge in [-0.05, 0) is 12.8 Å². The molecule has 0 aliphatic carbocycles. The molecule has 0 atom stereocenters. The summed E-state index contributed by atoms with van der Waals surface area (Å²) in [7, 11) is 0. The number of alkyl halides is 7. The zero-order chi connectivity index (χ0) is 13.7. The van der Waals surface area contributed by atoms with Crippen molar-refractivity contribution < 1.29 is 26.3 Å². The Morgan fingerprint density at radius 1 is 0.882 bits per heavy atom. The fourth-order valence-corrected chi connectivity index (χ4v) is 1.85. The standard InChI is InChI=1S/C10H13BrF6/c1-2-8(9(12,13)14,10(15,16)17)6-4-3-5-7-11/h2H,1,3-7H2. The molecule has 0 spiro atoms. The maximum Gasteiger partial charge on any atom is 0.406 e. The maximum absolute atomic E-state index is 12.6. The molecule has 0 aromatic carbocycles. The Labute approximate surface area is 104 Å². The van der Waals surface area contributed by atoms with E-state index in [1.165, 1.54) is 0 Å². The van der Waals surface area contributed by atoms with Crippen LogP contribution in [0.2, 0.25) is 0 Å². The van der Waals surface area contributed by atoms with Crippen LogP contribution in [0.3, 0.4) is 0 Å². The lowest BCUT2D eigenvalue weighted by atomic mass is 9.81. The molecule has 0 unspecified atom stereocenters. The van der Waals surface area contributed by atoms with Gasteiger partial charge in [-0.1, -0.05) is 34.8 Å². The summed E-state index contributed by atoms with van der Waals surface area (Å²) in [6.45, 7) is 2.72. The van der Waals surface area contributed by atoms with Crippen LogP contribution in [0.4, 0.5) is 26.3 Å². The Morgan fingerprint density at radius 2 is 1.35 bits per heavy atom. The quantitative estimate of drug-likeness (QED) is 0.271. The molecule has 0 aliphatic heterocycles. The number of hydrogen-bond acceptors (Lipinski definition) is 0. The molecule has 0 bridgehead atoms. The molecule has 0 aromatic rings. The van der Waals surface area contributed by atoms with Crippen molar-refractivity contribution in [2.24, 2.45) is 5.41 Å². The van der Waals surface area contributed by atoms with Gasteiger partial charge in [0.2, 0.25) is 0 Å². The van der Waals surface area contributed by atoms with Crippen molar-refractivity contribution in [3.8, 4) is 0 Å². The highest BCUT2D eigenvalue weighted by atomic mass is 79.9. The summed E-state index contributed by atoms with van der Waals surface area (Å²) in [5.41, 5.74) is -3.79. The minimum absolute atomic E-state index is 0.0267. The molecule has 0 rings (SSSR count). The van der Waals surface area contributed by atoms with Crippen LogP contribution in [0.5, 0.6) is 0 Å². The lowest BCUT2D eigenvalue weighted by molar-refractivity contribution is -0.323. The average Bonchev–Trinajstić information content (AvgIpc) is 2.14. The minimum atomic E-state index is -5.36. The zero-order valence-electron chi connectivity index (χ0n) is 8.97. The molecule has 0 radical (unpaired) electrons.